The minimum Gasteiger partial charge on any atom is -0.504 e. The summed E-state index contributed by atoms with van der Waals surface area (Å²) in [6.07, 6.45) is 1.34. The highest BCUT2D eigenvalue weighted by Crippen LogP contribution is 2.25. The van der Waals surface area contributed by atoms with E-state index in [0.29, 0.717) is 22.7 Å². The number of hydrogen-bond donors (Lipinski definition) is 3. The molecule has 3 aromatic carbocycles. The molecule has 0 atom stereocenters. The molecule has 3 N–H and O–H groups in total. The third kappa shape index (κ3) is 5.55. The molecule has 32 heavy (non-hydrogen) atoms. The van der Waals surface area contributed by atoms with Crippen molar-refractivity contribution in [2.24, 2.45) is 5.10 Å². The number of hydrazone groups is 1. The normalized spacial score (nSPS) is 11.2. The zero-order valence-electron chi connectivity index (χ0n) is 17.3. The lowest BCUT2D eigenvalue weighted by molar-refractivity contribution is 0.0955. The van der Waals surface area contributed by atoms with Crippen LogP contribution in [-0.2, 0) is 10.0 Å². The molecular formula is C22H21N3O6S. The molecule has 0 aliphatic heterocycles. The third-order valence-corrected chi connectivity index (χ3v) is 5.71. The Labute approximate surface area is 185 Å². The fraction of sp³-hybridized carbons (Fsp3) is 0.0909. The van der Waals surface area contributed by atoms with Gasteiger partial charge in [-0.3, -0.25) is 9.52 Å². The van der Waals surface area contributed by atoms with Gasteiger partial charge in [-0.2, -0.15) is 5.10 Å². The van der Waals surface area contributed by atoms with Crippen molar-refractivity contribution < 1.29 is 27.8 Å². The molecule has 1 amide bonds. The number of carbonyl (C=O) groups is 1. The molecule has 0 saturated heterocycles. The number of ether oxygens (including phenoxy) is 2. The van der Waals surface area contributed by atoms with Crippen LogP contribution >= 0.6 is 0 Å². The zero-order chi connectivity index (χ0) is 23.1. The Bertz CT molecular complexity index is 1240. The van der Waals surface area contributed by atoms with E-state index in [9.17, 15) is 18.3 Å². The lowest BCUT2D eigenvalue weighted by atomic mass is 10.2. The molecule has 0 aliphatic rings. The molecule has 0 saturated carbocycles. The summed E-state index contributed by atoms with van der Waals surface area (Å²) in [5.74, 6) is 0.245. The van der Waals surface area contributed by atoms with E-state index >= 15 is 0 Å². The molecule has 9 nitrogen and oxygen atoms in total. The van der Waals surface area contributed by atoms with E-state index in [1.54, 1.807) is 36.4 Å². The van der Waals surface area contributed by atoms with Crippen LogP contribution in [0.2, 0.25) is 0 Å². The quantitative estimate of drug-likeness (QED) is 0.354. The molecule has 10 heteroatoms. The van der Waals surface area contributed by atoms with Crippen molar-refractivity contribution in [2.45, 2.75) is 4.90 Å². The van der Waals surface area contributed by atoms with Crippen LogP contribution in [0.25, 0.3) is 0 Å². The molecule has 3 rings (SSSR count). The maximum atomic E-state index is 12.7. The molecule has 166 valence electrons. The number of amides is 1. The monoisotopic (exact) mass is 455 g/mol. The first-order chi connectivity index (χ1) is 15.3. The number of nitrogens with zero attached hydrogens (tertiary/aromatic N) is 1. The summed E-state index contributed by atoms with van der Waals surface area (Å²) in [4.78, 5) is 12.3. The standard InChI is InChI=1S/C22H21N3O6S/c1-30-18-9-7-17(8-10-18)25-32(28,29)19-5-3-4-16(13-19)22(27)24-23-14-15-6-11-21(31-2)20(26)12-15/h3-14,25-26H,1-2H3,(H,24,27)/b23-14+. The first-order valence-electron chi connectivity index (χ1n) is 9.30. The van der Waals surface area contributed by atoms with Gasteiger partial charge in [0.25, 0.3) is 15.9 Å². The minimum atomic E-state index is -3.91. The minimum absolute atomic E-state index is 0.0648. The van der Waals surface area contributed by atoms with Crippen molar-refractivity contribution in [3.05, 3.63) is 77.9 Å². The number of carbonyl (C=O) groups excluding carboxylic acids is 1. The maximum Gasteiger partial charge on any atom is 0.271 e. The average Bonchev–Trinajstić information content (AvgIpc) is 2.79. The summed E-state index contributed by atoms with van der Waals surface area (Å²) >= 11 is 0. The van der Waals surface area contributed by atoms with Gasteiger partial charge in [0, 0.05) is 11.3 Å². The van der Waals surface area contributed by atoms with Crippen LogP contribution in [0.3, 0.4) is 0 Å². The number of sulfonamides is 1. The van der Waals surface area contributed by atoms with Crippen molar-refractivity contribution in [3.8, 4) is 17.2 Å². The highest BCUT2D eigenvalue weighted by atomic mass is 32.2. The van der Waals surface area contributed by atoms with E-state index in [-0.39, 0.29) is 16.2 Å². The summed E-state index contributed by atoms with van der Waals surface area (Å²) in [6, 6.07) is 16.6. The van der Waals surface area contributed by atoms with Crippen LogP contribution in [0.5, 0.6) is 17.2 Å². The lowest BCUT2D eigenvalue weighted by Crippen LogP contribution is -2.19. The fourth-order valence-electron chi connectivity index (χ4n) is 2.69. The van der Waals surface area contributed by atoms with Crippen LogP contribution in [0, 0.1) is 0 Å². The number of benzene rings is 3. The zero-order valence-corrected chi connectivity index (χ0v) is 18.1. The Morgan fingerprint density at radius 2 is 1.75 bits per heavy atom. The maximum absolute atomic E-state index is 12.7. The predicted octanol–water partition coefficient (Wildman–Crippen LogP) is 2.97. The fourth-order valence-corrected chi connectivity index (χ4v) is 3.80. The molecular weight excluding hydrogens is 434 g/mol. The van der Waals surface area contributed by atoms with Gasteiger partial charge in [0.1, 0.15) is 5.75 Å². The summed E-state index contributed by atoms with van der Waals surface area (Å²) < 4.78 is 37.8. The first kappa shape index (κ1) is 22.6. The first-order valence-corrected chi connectivity index (χ1v) is 10.8. The predicted molar refractivity (Wildman–Crippen MR) is 120 cm³/mol. The van der Waals surface area contributed by atoms with Gasteiger partial charge in [-0.1, -0.05) is 6.07 Å². The van der Waals surface area contributed by atoms with Crippen LogP contribution in [0.15, 0.2) is 76.7 Å². The van der Waals surface area contributed by atoms with Gasteiger partial charge >= 0.3 is 0 Å². The molecule has 0 heterocycles. The molecule has 0 unspecified atom stereocenters. The van der Waals surface area contributed by atoms with E-state index < -0.39 is 15.9 Å². The van der Waals surface area contributed by atoms with Gasteiger partial charge in [0.2, 0.25) is 0 Å². The van der Waals surface area contributed by atoms with Gasteiger partial charge in [0.15, 0.2) is 11.5 Å². The molecule has 0 radical (unpaired) electrons. The Kier molecular flexibility index (Phi) is 6.96. The molecule has 3 aromatic rings. The second kappa shape index (κ2) is 9.84. The van der Waals surface area contributed by atoms with Crippen LogP contribution in [0.4, 0.5) is 5.69 Å². The molecule has 0 aromatic heterocycles. The number of nitrogens with one attached hydrogen (secondary N) is 2. The Morgan fingerprint density at radius 3 is 2.41 bits per heavy atom. The number of phenols is 1. The van der Waals surface area contributed by atoms with Gasteiger partial charge in [-0.15, -0.1) is 0 Å². The number of rotatable bonds is 8. The number of anilines is 1. The van der Waals surface area contributed by atoms with Crippen LogP contribution < -0.4 is 19.6 Å². The smallest absolute Gasteiger partial charge is 0.271 e. The summed E-state index contributed by atoms with van der Waals surface area (Å²) in [5.41, 5.74) is 3.32. The SMILES string of the molecule is COc1ccc(NS(=O)(=O)c2cccc(C(=O)N/N=C/c3ccc(OC)c(O)c3)c2)cc1. The number of hydrogen-bond acceptors (Lipinski definition) is 7. The van der Waals surface area contributed by atoms with Crippen molar-refractivity contribution in [2.75, 3.05) is 18.9 Å². The second-order valence-electron chi connectivity index (χ2n) is 6.49. The van der Waals surface area contributed by atoms with Gasteiger partial charge < -0.3 is 14.6 Å². The molecule has 0 fully saturated rings. The Hall–Kier alpha value is -4.05. The van der Waals surface area contributed by atoms with Crippen molar-refractivity contribution >= 4 is 27.8 Å². The number of methoxy groups -OCH3 is 2. The van der Waals surface area contributed by atoms with Crippen LogP contribution in [-0.4, -0.2) is 39.9 Å². The van der Waals surface area contributed by atoms with Crippen molar-refractivity contribution in [1.29, 1.82) is 0 Å². The molecule has 0 aliphatic carbocycles. The Balaban J connectivity index is 1.70. The van der Waals surface area contributed by atoms with Gasteiger partial charge in [-0.25, -0.2) is 13.8 Å². The number of aromatic hydroxyl groups is 1. The lowest BCUT2D eigenvalue weighted by Gasteiger charge is -2.10. The summed E-state index contributed by atoms with van der Waals surface area (Å²) in [6.45, 7) is 0. The molecule has 0 bridgehead atoms. The summed E-state index contributed by atoms with van der Waals surface area (Å²) in [5, 5.41) is 13.6. The average molecular weight is 455 g/mol. The van der Waals surface area contributed by atoms with Gasteiger partial charge in [0.05, 0.1) is 25.3 Å². The Morgan fingerprint density at radius 1 is 1.00 bits per heavy atom. The van der Waals surface area contributed by atoms with Gasteiger partial charge in [-0.05, 0) is 66.2 Å². The van der Waals surface area contributed by atoms with E-state index in [1.165, 1.54) is 50.8 Å². The van der Waals surface area contributed by atoms with E-state index in [1.807, 2.05) is 0 Å². The molecule has 0 spiro atoms. The van der Waals surface area contributed by atoms with E-state index in [4.69, 9.17) is 9.47 Å². The highest BCUT2D eigenvalue weighted by molar-refractivity contribution is 7.92. The number of phenolic OH excluding ortho intramolecular Hbond substituents is 1. The van der Waals surface area contributed by atoms with E-state index in [2.05, 4.69) is 15.2 Å². The van der Waals surface area contributed by atoms with Crippen molar-refractivity contribution in [3.63, 3.8) is 0 Å². The van der Waals surface area contributed by atoms with E-state index in [0.717, 1.165) is 0 Å². The topological polar surface area (TPSA) is 126 Å². The largest absolute Gasteiger partial charge is 0.504 e. The third-order valence-electron chi connectivity index (χ3n) is 4.33. The van der Waals surface area contributed by atoms with Crippen LogP contribution in [0.1, 0.15) is 15.9 Å². The van der Waals surface area contributed by atoms with Crippen molar-refractivity contribution in [1.82, 2.24) is 5.43 Å². The summed E-state index contributed by atoms with van der Waals surface area (Å²) in [7, 11) is -0.964. The highest BCUT2D eigenvalue weighted by Gasteiger charge is 2.16. The second-order valence-corrected chi connectivity index (χ2v) is 8.17.